The van der Waals surface area contributed by atoms with Gasteiger partial charge in [0.25, 0.3) is 17.5 Å². The van der Waals surface area contributed by atoms with Gasteiger partial charge in [-0.15, -0.1) is 11.3 Å². The molecule has 0 bridgehead atoms. The van der Waals surface area contributed by atoms with Crippen LogP contribution in [-0.2, 0) is 9.53 Å². The van der Waals surface area contributed by atoms with Crippen LogP contribution < -0.4 is 10.1 Å². The monoisotopic (exact) mass is 481 g/mol. The largest absolute Gasteiger partial charge is 0.484 e. The average Bonchev–Trinajstić information content (AvgIpc) is 3.19. The number of thiophene rings is 1. The number of non-ortho nitro benzene ring substituents is 1. The molecule has 1 saturated heterocycles. The van der Waals surface area contributed by atoms with Gasteiger partial charge >= 0.3 is 0 Å². The molecular weight excluding hydrogens is 458 g/mol. The quantitative estimate of drug-likeness (QED) is 0.401. The first-order valence-corrected chi connectivity index (χ1v) is 11.5. The molecule has 4 rings (SSSR count). The second-order valence-corrected chi connectivity index (χ2v) is 8.64. The van der Waals surface area contributed by atoms with Crippen molar-refractivity contribution in [3.63, 3.8) is 0 Å². The molecule has 2 aromatic carbocycles. The fourth-order valence-corrected chi connectivity index (χ4v) is 4.84. The zero-order valence-corrected chi connectivity index (χ0v) is 19.3. The highest BCUT2D eigenvalue weighted by Gasteiger charge is 2.28. The molecule has 0 unspecified atom stereocenters. The molecule has 9 nitrogen and oxygen atoms in total. The number of carbonyl (C=O) groups excluding carboxylic acids is 2. The van der Waals surface area contributed by atoms with Gasteiger partial charge in [0.2, 0.25) is 0 Å². The van der Waals surface area contributed by atoms with E-state index in [2.05, 4.69) is 5.32 Å². The lowest BCUT2D eigenvalue weighted by molar-refractivity contribution is -0.384. The van der Waals surface area contributed by atoms with Crippen molar-refractivity contribution in [3.05, 3.63) is 75.8 Å². The van der Waals surface area contributed by atoms with Crippen LogP contribution in [0.3, 0.4) is 0 Å². The standard InChI is InChI=1S/C24H23N3O6S/c1-16-21(24(29)26-11-13-32-14-12-26)23(34-22(16)17-5-3-2-4-6-17)25-20(28)15-33-19-9-7-18(8-10-19)27(30)31/h2-10H,11-15H2,1H3,(H,25,28). The number of nitrogens with zero attached hydrogens (tertiary/aromatic N) is 2. The Bertz CT molecular complexity index is 1190. The Morgan fingerprint density at radius 2 is 1.79 bits per heavy atom. The summed E-state index contributed by atoms with van der Waals surface area (Å²) in [6.45, 7) is 3.52. The van der Waals surface area contributed by atoms with Crippen molar-refractivity contribution in [1.29, 1.82) is 0 Å². The van der Waals surface area contributed by atoms with E-state index in [0.29, 0.717) is 42.6 Å². The summed E-state index contributed by atoms with van der Waals surface area (Å²) in [6, 6.07) is 15.2. The van der Waals surface area contributed by atoms with E-state index in [0.717, 1.165) is 16.0 Å². The lowest BCUT2D eigenvalue weighted by Crippen LogP contribution is -2.41. The lowest BCUT2D eigenvalue weighted by atomic mass is 10.1. The number of amides is 2. The summed E-state index contributed by atoms with van der Waals surface area (Å²) >= 11 is 1.35. The second kappa shape index (κ2) is 10.4. The molecule has 1 aliphatic heterocycles. The topological polar surface area (TPSA) is 111 Å². The SMILES string of the molecule is Cc1c(-c2ccccc2)sc(NC(=O)COc2ccc([N+](=O)[O-])cc2)c1C(=O)N1CCOCC1. The third-order valence-corrected chi connectivity index (χ3v) is 6.62. The number of rotatable bonds is 7. The minimum atomic E-state index is -0.507. The van der Waals surface area contributed by atoms with E-state index in [1.807, 2.05) is 37.3 Å². The van der Waals surface area contributed by atoms with Crippen molar-refractivity contribution < 1.29 is 24.0 Å². The first-order chi connectivity index (χ1) is 16.4. The van der Waals surface area contributed by atoms with E-state index in [1.54, 1.807) is 4.90 Å². The molecule has 1 N–H and O–H groups in total. The molecule has 1 aliphatic rings. The Balaban J connectivity index is 1.54. The first kappa shape index (κ1) is 23.4. The van der Waals surface area contributed by atoms with Crippen LogP contribution in [-0.4, -0.2) is 54.5 Å². The molecule has 0 atom stereocenters. The highest BCUT2D eigenvalue weighted by atomic mass is 32.1. The first-order valence-electron chi connectivity index (χ1n) is 10.7. The van der Waals surface area contributed by atoms with Crippen LogP contribution in [0.15, 0.2) is 54.6 Å². The zero-order valence-electron chi connectivity index (χ0n) is 18.5. The molecule has 1 fully saturated rings. The summed E-state index contributed by atoms with van der Waals surface area (Å²) in [7, 11) is 0. The number of nitrogens with one attached hydrogen (secondary N) is 1. The Morgan fingerprint density at radius 3 is 2.44 bits per heavy atom. The summed E-state index contributed by atoms with van der Waals surface area (Å²) in [5.74, 6) is -0.251. The van der Waals surface area contributed by atoms with Crippen LogP contribution in [0.1, 0.15) is 15.9 Å². The smallest absolute Gasteiger partial charge is 0.269 e. The maximum absolute atomic E-state index is 13.4. The number of carbonyl (C=O) groups is 2. The van der Waals surface area contributed by atoms with Gasteiger partial charge in [-0.3, -0.25) is 19.7 Å². The molecule has 0 aliphatic carbocycles. The number of nitro benzene ring substituents is 1. The molecule has 0 saturated carbocycles. The van der Waals surface area contributed by atoms with Gasteiger partial charge < -0.3 is 19.7 Å². The van der Waals surface area contributed by atoms with Gasteiger partial charge in [-0.25, -0.2) is 0 Å². The lowest BCUT2D eigenvalue weighted by Gasteiger charge is -2.27. The van der Waals surface area contributed by atoms with Crippen molar-refractivity contribution in [2.24, 2.45) is 0 Å². The highest BCUT2D eigenvalue weighted by Crippen LogP contribution is 2.40. The normalized spacial score (nSPS) is 13.4. The minimum Gasteiger partial charge on any atom is -0.484 e. The van der Waals surface area contributed by atoms with Gasteiger partial charge in [-0.05, 0) is 30.2 Å². The zero-order chi connectivity index (χ0) is 24.1. The third-order valence-electron chi connectivity index (χ3n) is 5.37. The van der Waals surface area contributed by atoms with E-state index in [1.165, 1.54) is 35.6 Å². The third kappa shape index (κ3) is 5.24. The molecule has 2 heterocycles. The van der Waals surface area contributed by atoms with Crippen molar-refractivity contribution in [3.8, 4) is 16.2 Å². The van der Waals surface area contributed by atoms with Gasteiger partial charge in [0.05, 0.1) is 23.7 Å². The van der Waals surface area contributed by atoms with Crippen molar-refractivity contribution in [2.45, 2.75) is 6.92 Å². The number of benzene rings is 2. The summed E-state index contributed by atoms with van der Waals surface area (Å²) in [5, 5.41) is 14.1. The number of anilines is 1. The maximum atomic E-state index is 13.4. The second-order valence-electron chi connectivity index (χ2n) is 7.62. The van der Waals surface area contributed by atoms with Gasteiger partial charge in [0.15, 0.2) is 6.61 Å². The molecule has 3 aromatic rings. The van der Waals surface area contributed by atoms with Gasteiger partial charge in [0.1, 0.15) is 10.8 Å². The summed E-state index contributed by atoms with van der Waals surface area (Å²) in [5.41, 5.74) is 2.17. The van der Waals surface area contributed by atoms with Crippen molar-refractivity contribution in [1.82, 2.24) is 4.90 Å². The maximum Gasteiger partial charge on any atom is 0.269 e. The Hall–Kier alpha value is -3.76. The van der Waals surface area contributed by atoms with Crippen LogP contribution in [0.25, 0.3) is 10.4 Å². The van der Waals surface area contributed by atoms with E-state index >= 15 is 0 Å². The number of ether oxygens (including phenoxy) is 2. The predicted molar refractivity (Wildman–Crippen MR) is 128 cm³/mol. The number of hydrogen-bond donors (Lipinski definition) is 1. The fraction of sp³-hybridized carbons (Fsp3) is 0.250. The van der Waals surface area contributed by atoms with E-state index < -0.39 is 10.8 Å². The Morgan fingerprint density at radius 1 is 1.12 bits per heavy atom. The molecule has 1 aromatic heterocycles. The van der Waals surface area contributed by atoms with Crippen LogP contribution in [0, 0.1) is 17.0 Å². The van der Waals surface area contributed by atoms with E-state index in [-0.39, 0.29) is 18.2 Å². The molecule has 34 heavy (non-hydrogen) atoms. The summed E-state index contributed by atoms with van der Waals surface area (Å²) < 4.78 is 10.8. The van der Waals surface area contributed by atoms with Crippen LogP contribution in [0.5, 0.6) is 5.75 Å². The van der Waals surface area contributed by atoms with Crippen LogP contribution >= 0.6 is 11.3 Å². The van der Waals surface area contributed by atoms with Gasteiger partial charge in [-0.1, -0.05) is 30.3 Å². The van der Waals surface area contributed by atoms with E-state index in [9.17, 15) is 19.7 Å². The molecule has 0 spiro atoms. The van der Waals surface area contributed by atoms with Gasteiger partial charge in [0, 0.05) is 30.1 Å². The number of hydrogen-bond acceptors (Lipinski definition) is 7. The van der Waals surface area contributed by atoms with Crippen LogP contribution in [0.2, 0.25) is 0 Å². The average molecular weight is 482 g/mol. The molecule has 0 radical (unpaired) electrons. The fourth-order valence-electron chi connectivity index (χ4n) is 3.62. The van der Waals surface area contributed by atoms with Crippen molar-refractivity contribution in [2.75, 3.05) is 38.2 Å². The minimum absolute atomic E-state index is 0.0643. The van der Waals surface area contributed by atoms with Gasteiger partial charge in [-0.2, -0.15) is 0 Å². The van der Waals surface area contributed by atoms with Crippen LogP contribution in [0.4, 0.5) is 10.7 Å². The molecular formula is C24H23N3O6S. The predicted octanol–water partition coefficient (Wildman–Crippen LogP) is 4.12. The molecule has 10 heteroatoms. The summed E-state index contributed by atoms with van der Waals surface area (Å²) in [6.07, 6.45) is 0. The molecule has 2 amide bonds. The van der Waals surface area contributed by atoms with Crippen molar-refractivity contribution >= 4 is 33.8 Å². The summed E-state index contributed by atoms with van der Waals surface area (Å²) in [4.78, 5) is 39.0. The highest BCUT2D eigenvalue weighted by molar-refractivity contribution is 7.20. The number of morpholine rings is 1. The molecule has 176 valence electrons. The number of nitro groups is 1. The van der Waals surface area contributed by atoms with E-state index in [4.69, 9.17) is 9.47 Å². The Kier molecular flexibility index (Phi) is 7.19. The Labute approximate surface area is 200 Å².